The molecular weight excluding hydrogens is 260 g/mol. The van der Waals surface area contributed by atoms with Gasteiger partial charge in [-0.2, -0.15) is 0 Å². The average molecular weight is 288 g/mol. The summed E-state index contributed by atoms with van der Waals surface area (Å²) < 4.78 is 0. The molecule has 0 saturated carbocycles. The highest BCUT2D eigenvalue weighted by Crippen LogP contribution is 2.18. The van der Waals surface area contributed by atoms with E-state index in [0.29, 0.717) is 18.3 Å². The van der Waals surface area contributed by atoms with Gasteiger partial charge in [0.25, 0.3) is 0 Å². The van der Waals surface area contributed by atoms with Gasteiger partial charge >= 0.3 is 0 Å². The number of piperidine rings is 1. The first-order valence-corrected chi connectivity index (χ1v) is 8.28. The monoisotopic (exact) mass is 288 g/mol. The van der Waals surface area contributed by atoms with Crippen molar-refractivity contribution in [1.29, 1.82) is 0 Å². The van der Waals surface area contributed by atoms with E-state index in [1.807, 2.05) is 6.07 Å². The van der Waals surface area contributed by atoms with E-state index in [1.54, 1.807) is 0 Å². The third-order valence-corrected chi connectivity index (χ3v) is 4.45. The van der Waals surface area contributed by atoms with E-state index in [-0.39, 0.29) is 5.91 Å². The van der Waals surface area contributed by atoms with Crippen molar-refractivity contribution in [1.82, 2.24) is 10.6 Å². The van der Waals surface area contributed by atoms with E-state index >= 15 is 0 Å². The molecule has 1 aromatic rings. The predicted molar refractivity (Wildman–Crippen MR) is 87.3 cm³/mol. The van der Waals surface area contributed by atoms with Crippen LogP contribution in [-0.2, 0) is 4.79 Å². The number of rotatable bonds is 7. The van der Waals surface area contributed by atoms with Crippen LogP contribution in [0.4, 0.5) is 0 Å². The Morgan fingerprint density at radius 3 is 2.90 bits per heavy atom. The van der Waals surface area contributed by atoms with Crippen molar-refractivity contribution in [3.05, 3.63) is 35.9 Å². The van der Waals surface area contributed by atoms with Crippen LogP contribution in [0.25, 0.3) is 0 Å². The summed E-state index contributed by atoms with van der Waals surface area (Å²) in [6, 6.07) is 10.5. The highest BCUT2D eigenvalue weighted by Gasteiger charge is 2.14. The lowest BCUT2D eigenvalue weighted by atomic mass is 9.94. The third-order valence-electron chi connectivity index (χ3n) is 4.45. The Morgan fingerprint density at radius 1 is 1.38 bits per heavy atom. The van der Waals surface area contributed by atoms with Gasteiger partial charge in [0.1, 0.15) is 0 Å². The van der Waals surface area contributed by atoms with Crippen LogP contribution in [0.5, 0.6) is 0 Å². The molecule has 0 spiro atoms. The molecule has 2 N–H and O–H groups in total. The van der Waals surface area contributed by atoms with Crippen molar-refractivity contribution < 1.29 is 4.79 Å². The molecule has 2 rings (SSSR count). The molecule has 1 amide bonds. The van der Waals surface area contributed by atoms with Crippen LogP contribution in [0, 0.1) is 5.92 Å². The van der Waals surface area contributed by atoms with Crippen LogP contribution in [0.3, 0.4) is 0 Å². The molecule has 1 heterocycles. The molecule has 2 atom stereocenters. The SMILES string of the molecule is CC(CCNC(=O)CCC1CCCNC1)c1ccccc1. The van der Waals surface area contributed by atoms with Crippen LogP contribution in [-0.4, -0.2) is 25.5 Å². The zero-order valence-corrected chi connectivity index (χ0v) is 13.1. The summed E-state index contributed by atoms with van der Waals surface area (Å²) in [6.45, 7) is 5.21. The Balaban J connectivity index is 1.58. The molecule has 2 unspecified atom stereocenters. The maximum Gasteiger partial charge on any atom is 0.220 e. The largest absolute Gasteiger partial charge is 0.356 e. The summed E-state index contributed by atoms with van der Waals surface area (Å²) in [5.74, 6) is 1.39. The number of amides is 1. The van der Waals surface area contributed by atoms with Gasteiger partial charge in [0.15, 0.2) is 0 Å². The quantitative estimate of drug-likeness (QED) is 0.809. The Kier molecular flexibility index (Phi) is 6.74. The molecule has 0 aromatic heterocycles. The zero-order valence-electron chi connectivity index (χ0n) is 13.1. The third kappa shape index (κ3) is 5.88. The van der Waals surface area contributed by atoms with Gasteiger partial charge in [0, 0.05) is 13.0 Å². The molecule has 0 radical (unpaired) electrons. The van der Waals surface area contributed by atoms with E-state index in [0.717, 1.165) is 32.5 Å². The molecular formula is C18H28N2O. The van der Waals surface area contributed by atoms with Crippen LogP contribution >= 0.6 is 0 Å². The summed E-state index contributed by atoms with van der Waals surface area (Å²) in [7, 11) is 0. The first-order chi connectivity index (χ1) is 10.3. The number of hydrogen-bond acceptors (Lipinski definition) is 2. The van der Waals surface area contributed by atoms with Gasteiger partial charge in [0.05, 0.1) is 0 Å². The van der Waals surface area contributed by atoms with Gasteiger partial charge in [-0.05, 0) is 56.2 Å². The fourth-order valence-electron chi connectivity index (χ4n) is 2.97. The summed E-state index contributed by atoms with van der Waals surface area (Å²) in [6.07, 6.45) is 5.21. The van der Waals surface area contributed by atoms with Gasteiger partial charge in [-0.1, -0.05) is 37.3 Å². The van der Waals surface area contributed by atoms with Crippen LogP contribution in [0.1, 0.15) is 50.5 Å². The van der Waals surface area contributed by atoms with Crippen molar-refractivity contribution in [3.63, 3.8) is 0 Å². The minimum atomic E-state index is 0.209. The van der Waals surface area contributed by atoms with E-state index in [4.69, 9.17) is 0 Å². The van der Waals surface area contributed by atoms with Gasteiger partial charge < -0.3 is 10.6 Å². The topological polar surface area (TPSA) is 41.1 Å². The Morgan fingerprint density at radius 2 is 2.19 bits per heavy atom. The second-order valence-electron chi connectivity index (χ2n) is 6.20. The molecule has 116 valence electrons. The Labute approximate surface area is 128 Å². The number of carbonyl (C=O) groups excluding carboxylic acids is 1. The lowest BCUT2D eigenvalue weighted by Gasteiger charge is -2.22. The molecule has 1 aliphatic heterocycles. The molecule has 1 fully saturated rings. The fourth-order valence-corrected chi connectivity index (χ4v) is 2.97. The molecule has 1 saturated heterocycles. The first-order valence-electron chi connectivity index (χ1n) is 8.28. The van der Waals surface area contributed by atoms with E-state index in [9.17, 15) is 4.79 Å². The molecule has 0 aliphatic carbocycles. The fraction of sp³-hybridized carbons (Fsp3) is 0.611. The van der Waals surface area contributed by atoms with E-state index in [1.165, 1.54) is 18.4 Å². The van der Waals surface area contributed by atoms with Crippen molar-refractivity contribution in [3.8, 4) is 0 Å². The Hall–Kier alpha value is -1.35. The normalized spacial score (nSPS) is 20.0. The van der Waals surface area contributed by atoms with Crippen molar-refractivity contribution in [2.75, 3.05) is 19.6 Å². The summed E-state index contributed by atoms with van der Waals surface area (Å²) in [4.78, 5) is 11.9. The molecule has 3 heteroatoms. The summed E-state index contributed by atoms with van der Waals surface area (Å²) in [5, 5.41) is 6.47. The van der Waals surface area contributed by atoms with Crippen molar-refractivity contribution >= 4 is 5.91 Å². The van der Waals surface area contributed by atoms with E-state index < -0.39 is 0 Å². The van der Waals surface area contributed by atoms with Crippen molar-refractivity contribution in [2.24, 2.45) is 5.92 Å². The summed E-state index contributed by atoms with van der Waals surface area (Å²) in [5.41, 5.74) is 1.35. The highest BCUT2D eigenvalue weighted by atomic mass is 16.1. The number of nitrogens with one attached hydrogen (secondary N) is 2. The van der Waals surface area contributed by atoms with Gasteiger partial charge in [-0.25, -0.2) is 0 Å². The molecule has 0 bridgehead atoms. The smallest absolute Gasteiger partial charge is 0.220 e. The second-order valence-corrected chi connectivity index (χ2v) is 6.20. The standard InChI is InChI=1S/C18H28N2O/c1-15(17-7-3-2-4-8-17)11-13-20-18(21)10-9-16-6-5-12-19-14-16/h2-4,7-8,15-16,19H,5-6,9-14H2,1H3,(H,20,21). The molecule has 1 aliphatic rings. The maximum absolute atomic E-state index is 11.9. The summed E-state index contributed by atoms with van der Waals surface area (Å²) >= 11 is 0. The first kappa shape index (κ1) is 16.0. The van der Waals surface area contributed by atoms with Gasteiger partial charge in [0.2, 0.25) is 5.91 Å². The molecule has 21 heavy (non-hydrogen) atoms. The van der Waals surface area contributed by atoms with Crippen LogP contribution in [0.2, 0.25) is 0 Å². The zero-order chi connectivity index (χ0) is 14.9. The molecule has 3 nitrogen and oxygen atoms in total. The minimum Gasteiger partial charge on any atom is -0.356 e. The number of carbonyl (C=O) groups is 1. The molecule has 1 aromatic carbocycles. The predicted octanol–water partition coefficient (Wildman–Crippen LogP) is 3.08. The minimum absolute atomic E-state index is 0.209. The van der Waals surface area contributed by atoms with E-state index in [2.05, 4.69) is 41.8 Å². The van der Waals surface area contributed by atoms with Gasteiger partial charge in [-0.3, -0.25) is 4.79 Å². The lowest BCUT2D eigenvalue weighted by Crippen LogP contribution is -2.31. The number of hydrogen-bond donors (Lipinski definition) is 2. The lowest BCUT2D eigenvalue weighted by molar-refractivity contribution is -0.121. The van der Waals surface area contributed by atoms with Crippen LogP contribution in [0.15, 0.2) is 30.3 Å². The van der Waals surface area contributed by atoms with Crippen LogP contribution < -0.4 is 10.6 Å². The van der Waals surface area contributed by atoms with Gasteiger partial charge in [-0.15, -0.1) is 0 Å². The maximum atomic E-state index is 11.9. The van der Waals surface area contributed by atoms with Crippen molar-refractivity contribution in [2.45, 2.75) is 44.9 Å². The number of benzene rings is 1. The highest BCUT2D eigenvalue weighted by molar-refractivity contribution is 5.75. The second kappa shape index (κ2) is 8.83. The average Bonchev–Trinajstić information content (AvgIpc) is 2.54. The Bertz CT molecular complexity index is 412.